The van der Waals surface area contributed by atoms with E-state index < -0.39 is 28.9 Å². The highest BCUT2D eigenvalue weighted by molar-refractivity contribution is 6.31. The van der Waals surface area contributed by atoms with Crippen LogP contribution in [0.4, 0.5) is 18.9 Å². The molecule has 9 heteroatoms. The van der Waals surface area contributed by atoms with E-state index in [1.165, 1.54) is 41.6 Å². The minimum absolute atomic E-state index is 0.194. The fourth-order valence-corrected chi connectivity index (χ4v) is 3.58. The summed E-state index contributed by atoms with van der Waals surface area (Å²) in [4.78, 5) is 33.1. The van der Waals surface area contributed by atoms with Gasteiger partial charge in [-0.1, -0.05) is 11.6 Å². The third-order valence-electron chi connectivity index (χ3n) is 5.05. The number of H-pyrrole nitrogens is 1. The molecule has 2 aromatic heterocycles. The molecule has 0 radical (unpaired) electrons. The number of aryl methyl sites for hydroxylation is 1. The van der Waals surface area contributed by atoms with Crippen LogP contribution in [0.2, 0.25) is 5.02 Å². The lowest BCUT2D eigenvalue weighted by molar-refractivity contribution is 0.0984. The molecule has 162 valence electrons. The predicted octanol–water partition coefficient (Wildman–Crippen LogP) is 5.15. The van der Waals surface area contributed by atoms with Crippen LogP contribution in [0, 0.1) is 24.4 Å². The molecule has 0 saturated carbocycles. The molecule has 0 aliphatic heterocycles. The van der Waals surface area contributed by atoms with Crippen LogP contribution >= 0.6 is 11.6 Å². The van der Waals surface area contributed by atoms with Crippen LogP contribution in [0.5, 0.6) is 0 Å². The van der Waals surface area contributed by atoms with E-state index in [9.17, 15) is 22.8 Å². The molecule has 0 unspecified atom stereocenters. The predicted molar refractivity (Wildman–Crippen MR) is 115 cm³/mol. The summed E-state index contributed by atoms with van der Waals surface area (Å²) in [7, 11) is 0. The first-order chi connectivity index (χ1) is 15.3. The zero-order chi connectivity index (χ0) is 23.0. The highest BCUT2D eigenvalue weighted by Crippen LogP contribution is 2.28. The smallest absolute Gasteiger partial charge is 0.260 e. The van der Waals surface area contributed by atoms with Gasteiger partial charge in [-0.3, -0.25) is 14.6 Å². The highest BCUT2D eigenvalue weighted by atomic mass is 35.5. The lowest BCUT2D eigenvalue weighted by atomic mass is 10.1. The Bertz CT molecular complexity index is 1420. The summed E-state index contributed by atoms with van der Waals surface area (Å²) in [5.74, 6) is -3.48. The summed E-state index contributed by atoms with van der Waals surface area (Å²) in [5.41, 5.74) is 0.457. The van der Waals surface area contributed by atoms with Gasteiger partial charge in [0.2, 0.25) is 5.56 Å². The van der Waals surface area contributed by atoms with Gasteiger partial charge >= 0.3 is 0 Å². The molecule has 4 aromatic rings. The number of fused-ring (bicyclic) bond motifs is 1. The van der Waals surface area contributed by atoms with E-state index in [1.54, 1.807) is 13.0 Å². The van der Waals surface area contributed by atoms with Gasteiger partial charge in [0.05, 0.1) is 22.6 Å². The molecule has 32 heavy (non-hydrogen) atoms. The van der Waals surface area contributed by atoms with E-state index in [1.807, 2.05) is 0 Å². The average molecular weight is 458 g/mol. The van der Waals surface area contributed by atoms with Crippen molar-refractivity contribution in [2.45, 2.75) is 13.5 Å². The lowest BCUT2D eigenvalue weighted by Gasteiger charge is -2.24. The van der Waals surface area contributed by atoms with E-state index in [0.29, 0.717) is 5.56 Å². The molecule has 0 bridgehead atoms. The van der Waals surface area contributed by atoms with Crippen molar-refractivity contribution in [1.82, 2.24) is 9.97 Å². The minimum Gasteiger partial charge on any atom is -0.319 e. The Labute approximate surface area is 185 Å². The fraction of sp³-hybridized carbons (Fsp3) is 0.0870. The zero-order valence-electron chi connectivity index (χ0n) is 16.6. The maximum absolute atomic E-state index is 14.3. The number of nitrogens with zero attached hydrogens (tertiary/aromatic N) is 2. The highest BCUT2D eigenvalue weighted by Gasteiger charge is 2.23. The van der Waals surface area contributed by atoms with Gasteiger partial charge in [0, 0.05) is 29.5 Å². The van der Waals surface area contributed by atoms with E-state index >= 15 is 0 Å². The van der Waals surface area contributed by atoms with E-state index in [4.69, 9.17) is 11.6 Å². The summed E-state index contributed by atoms with van der Waals surface area (Å²) in [6.45, 7) is 1.53. The molecule has 1 amide bonds. The summed E-state index contributed by atoms with van der Waals surface area (Å²) in [6, 6.07) is 8.85. The Morgan fingerprint density at radius 2 is 1.84 bits per heavy atom. The fourth-order valence-electron chi connectivity index (χ4n) is 3.40. The topological polar surface area (TPSA) is 66.1 Å². The number of aromatic nitrogens is 2. The van der Waals surface area contributed by atoms with Crippen molar-refractivity contribution in [3.8, 4) is 0 Å². The Kier molecular flexibility index (Phi) is 5.71. The molecule has 0 atom stereocenters. The van der Waals surface area contributed by atoms with Gasteiger partial charge in [-0.25, -0.2) is 13.2 Å². The molecule has 0 spiro atoms. The van der Waals surface area contributed by atoms with Gasteiger partial charge in [-0.05, 0) is 54.4 Å². The Morgan fingerprint density at radius 3 is 2.56 bits per heavy atom. The first kappa shape index (κ1) is 21.6. The molecule has 0 fully saturated rings. The molecular formula is C23H15ClF3N3O2. The second-order valence-corrected chi connectivity index (χ2v) is 7.53. The second-order valence-electron chi connectivity index (χ2n) is 7.12. The molecule has 1 N–H and O–H groups in total. The van der Waals surface area contributed by atoms with Crippen LogP contribution in [0.15, 0.2) is 59.7 Å². The maximum atomic E-state index is 14.3. The van der Waals surface area contributed by atoms with E-state index in [-0.39, 0.29) is 39.3 Å². The molecule has 0 aliphatic carbocycles. The van der Waals surface area contributed by atoms with E-state index in [2.05, 4.69) is 9.97 Å². The number of benzene rings is 2. The molecule has 4 rings (SSSR count). The third kappa shape index (κ3) is 3.97. The Balaban J connectivity index is 1.89. The van der Waals surface area contributed by atoms with Crippen molar-refractivity contribution >= 4 is 34.1 Å². The van der Waals surface area contributed by atoms with Crippen molar-refractivity contribution in [3.63, 3.8) is 0 Å². The van der Waals surface area contributed by atoms with Gasteiger partial charge in [0.1, 0.15) is 5.82 Å². The molecular weight excluding hydrogens is 443 g/mol. The maximum Gasteiger partial charge on any atom is 0.260 e. The van der Waals surface area contributed by atoms with E-state index in [0.717, 1.165) is 12.1 Å². The van der Waals surface area contributed by atoms with Crippen LogP contribution in [-0.2, 0) is 6.54 Å². The van der Waals surface area contributed by atoms with Crippen molar-refractivity contribution in [2.75, 3.05) is 4.90 Å². The average Bonchev–Trinajstić information content (AvgIpc) is 2.76. The Morgan fingerprint density at radius 1 is 1.09 bits per heavy atom. The molecule has 5 nitrogen and oxygen atoms in total. The molecule has 0 aliphatic rings. The summed E-state index contributed by atoms with van der Waals surface area (Å²) in [5, 5.41) is 0.0181. The zero-order valence-corrected chi connectivity index (χ0v) is 17.4. The molecule has 0 saturated heterocycles. The van der Waals surface area contributed by atoms with Crippen molar-refractivity contribution in [3.05, 3.63) is 104 Å². The van der Waals surface area contributed by atoms with Gasteiger partial charge in [-0.2, -0.15) is 0 Å². The number of halogens is 4. The number of nitrogens with one attached hydrogen (secondary N) is 1. The quantitative estimate of drug-likeness (QED) is 0.461. The lowest BCUT2D eigenvalue weighted by Crippen LogP contribution is -2.31. The molecule has 2 heterocycles. The normalized spacial score (nSPS) is 11.0. The van der Waals surface area contributed by atoms with Crippen LogP contribution in [0.3, 0.4) is 0 Å². The number of aromatic amines is 1. The first-order valence-corrected chi connectivity index (χ1v) is 9.81. The summed E-state index contributed by atoms with van der Waals surface area (Å²) in [6.07, 6.45) is 2.92. The first-order valence-electron chi connectivity index (χ1n) is 9.43. The largest absolute Gasteiger partial charge is 0.319 e. The SMILES string of the molecule is Cc1ccncc1C(=O)N(Cc1cc(=O)[nH]c2c(F)c(F)ccc12)c1ccc(F)c(Cl)c1. The van der Waals surface area contributed by atoms with Gasteiger partial charge in [0.15, 0.2) is 11.6 Å². The third-order valence-corrected chi connectivity index (χ3v) is 5.34. The number of amides is 1. The van der Waals surface area contributed by atoms with Gasteiger partial charge in [0.25, 0.3) is 5.91 Å². The van der Waals surface area contributed by atoms with Crippen molar-refractivity contribution in [1.29, 1.82) is 0 Å². The standard InChI is InChI=1S/C23H15ClF3N3O2/c1-12-6-7-28-10-16(12)23(32)30(14-2-4-18(25)17(24)9-14)11-13-8-20(31)29-22-15(13)3-5-19(26)21(22)27/h2-10H,11H2,1H3,(H,29,31). The van der Waals surface area contributed by atoms with Gasteiger partial charge in [-0.15, -0.1) is 0 Å². The van der Waals surface area contributed by atoms with Crippen molar-refractivity contribution in [2.24, 2.45) is 0 Å². The van der Waals surface area contributed by atoms with Crippen LogP contribution in [0.25, 0.3) is 10.9 Å². The van der Waals surface area contributed by atoms with Crippen LogP contribution < -0.4 is 10.5 Å². The number of hydrogen-bond acceptors (Lipinski definition) is 3. The number of anilines is 1. The summed E-state index contributed by atoms with van der Waals surface area (Å²) >= 11 is 5.93. The van der Waals surface area contributed by atoms with Crippen LogP contribution in [-0.4, -0.2) is 15.9 Å². The number of hydrogen-bond donors (Lipinski definition) is 1. The monoisotopic (exact) mass is 457 g/mol. The van der Waals surface area contributed by atoms with Crippen molar-refractivity contribution < 1.29 is 18.0 Å². The number of carbonyl (C=O) groups excluding carboxylic acids is 1. The Hall–Kier alpha value is -3.65. The second kappa shape index (κ2) is 8.47. The number of pyridine rings is 2. The van der Waals surface area contributed by atoms with Gasteiger partial charge < -0.3 is 9.88 Å². The number of carbonyl (C=O) groups is 1. The summed E-state index contributed by atoms with van der Waals surface area (Å²) < 4.78 is 41.7. The minimum atomic E-state index is -1.20. The van der Waals surface area contributed by atoms with Crippen LogP contribution in [0.1, 0.15) is 21.5 Å². The molecule has 2 aromatic carbocycles. The number of rotatable bonds is 4.